The molecule has 1 aliphatic rings. The van der Waals surface area contributed by atoms with Gasteiger partial charge in [0, 0.05) is 18.2 Å². The van der Waals surface area contributed by atoms with Crippen molar-refractivity contribution in [2.75, 3.05) is 35.2 Å². The Bertz CT molecular complexity index is 1440. The highest BCUT2D eigenvalue weighted by molar-refractivity contribution is 7.81. The molecular formula is C27H30FN5O6S. The Balaban J connectivity index is 1.84. The number of aromatic nitrogens is 2. The van der Waals surface area contributed by atoms with Gasteiger partial charge in [0.25, 0.3) is 17.2 Å². The van der Waals surface area contributed by atoms with Gasteiger partial charge >= 0.3 is 5.97 Å². The highest BCUT2D eigenvalue weighted by atomic mass is 32.2. The standard InChI is InChI=1S/C27H30FN5O6S/c1-16(2)15-39-19-13-17(12-18(28)14-19)21-10-9-20(25(30-21)32-11-5-6-22(32)27(35)38-3)26(34)33(40(36)37)24-8-4-7-23(29)31-24/h4,7-10,12-14,16,22H,5-6,11,15H2,1-3H3,(H2,29,31)(H,36,37)/t22-/m0/s1. The minimum atomic E-state index is -2.81. The Morgan fingerprint density at radius 1 is 1.23 bits per heavy atom. The summed E-state index contributed by atoms with van der Waals surface area (Å²) in [6, 6.07) is 10.7. The molecule has 40 heavy (non-hydrogen) atoms. The normalized spacial score (nSPS) is 15.7. The smallest absolute Gasteiger partial charge is 0.328 e. The zero-order valence-corrected chi connectivity index (χ0v) is 23.1. The fourth-order valence-electron chi connectivity index (χ4n) is 4.37. The summed E-state index contributed by atoms with van der Waals surface area (Å²) >= 11 is -2.81. The van der Waals surface area contributed by atoms with Crippen LogP contribution < -0.4 is 19.7 Å². The van der Waals surface area contributed by atoms with Gasteiger partial charge in [-0.15, -0.1) is 0 Å². The Morgan fingerprint density at radius 3 is 2.67 bits per heavy atom. The second-order valence-corrected chi connectivity index (χ2v) is 10.4. The van der Waals surface area contributed by atoms with E-state index in [0.717, 1.165) is 0 Å². The molecule has 212 valence electrons. The number of carbonyl (C=O) groups excluding carboxylic acids is 2. The minimum Gasteiger partial charge on any atom is -0.493 e. The van der Waals surface area contributed by atoms with Crippen LogP contribution in [0, 0.1) is 11.7 Å². The van der Waals surface area contributed by atoms with Gasteiger partial charge in [0.15, 0.2) is 5.82 Å². The average Bonchev–Trinajstić information content (AvgIpc) is 3.41. The summed E-state index contributed by atoms with van der Waals surface area (Å²) in [6.45, 7) is 4.69. The van der Waals surface area contributed by atoms with Crippen molar-refractivity contribution in [3.8, 4) is 17.0 Å². The summed E-state index contributed by atoms with van der Waals surface area (Å²) in [6.07, 6.45) is 1.06. The molecule has 2 aromatic heterocycles. The number of methoxy groups -OCH3 is 1. The molecule has 2 atom stereocenters. The number of nitrogens with zero attached hydrogens (tertiary/aromatic N) is 4. The average molecular weight is 572 g/mol. The monoisotopic (exact) mass is 571 g/mol. The van der Waals surface area contributed by atoms with Crippen LogP contribution in [0.3, 0.4) is 0 Å². The molecule has 3 aromatic rings. The highest BCUT2D eigenvalue weighted by Gasteiger charge is 2.37. The quantitative estimate of drug-likeness (QED) is 0.287. The van der Waals surface area contributed by atoms with E-state index in [1.807, 2.05) is 13.8 Å². The Labute approximate surface area is 233 Å². The topological polar surface area (TPSA) is 148 Å². The van der Waals surface area contributed by atoms with Crippen molar-refractivity contribution >= 4 is 40.6 Å². The van der Waals surface area contributed by atoms with Gasteiger partial charge in [-0.2, -0.15) is 4.31 Å². The third-order valence-corrected chi connectivity index (χ3v) is 6.82. The number of amides is 1. The number of pyridine rings is 2. The summed E-state index contributed by atoms with van der Waals surface area (Å²) in [5.41, 5.74) is 6.35. The van der Waals surface area contributed by atoms with Gasteiger partial charge in [-0.05, 0) is 55.2 Å². The molecule has 1 unspecified atom stereocenters. The number of nitrogen functional groups attached to an aromatic ring is 1. The first-order valence-electron chi connectivity index (χ1n) is 12.6. The van der Waals surface area contributed by atoms with Crippen LogP contribution in [-0.2, 0) is 20.8 Å². The zero-order valence-electron chi connectivity index (χ0n) is 22.2. The van der Waals surface area contributed by atoms with Crippen molar-refractivity contribution in [2.24, 2.45) is 5.92 Å². The predicted octanol–water partition coefficient (Wildman–Crippen LogP) is 3.83. The SMILES string of the molecule is COC(=O)[C@@H]1CCCN1c1nc(-c2cc(F)cc(OCC(C)C)c2)ccc1C(=O)N(c1cccc(N)n1)S(=O)O. The van der Waals surface area contributed by atoms with Gasteiger partial charge < -0.3 is 20.1 Å². The van der Waals surface area contributed by atoms with Gasteiger partial charge in [0.1, 0.15) is 29.2 Å². The van der Waals surface area contributed by atoms with Crippen molar-refractivity contribution in [1.82, 2.24) is 9.97 Å². The van der Waals surface area contributed by atoms with E-state index < -0.39 is 35.0 Å². The van der Waals surface area contributed by atoms with Crippen LogP contribution in [0.4, 0.5) is 21.8 Å². The summed E-state index contributed by atoms with van der Waals surface area (Å²) in [5, 5.41) is 0. The molecule has 13 heteroatoms. The van der Waals surface area contributed by atoms with Crippen LogP contribution in [-0.4, -0.2) is 56.9 Å². The molecule has 3 heterocycles. The van der Waals surface area contributed by atoms with Gasteiger partial charge in [-0.3, -0.25) is 9.35 Å². The first-order chi connectivity index (χ1) is 19.1. The molecular weight excluding hydrogens is 541 g/mol. The van der Waals surface area contributed by atoms with Gasteiger partial charge in [-0.25, -0.2) is 23.4 Å². The molecule has 4 rings (SSSR count). The van der Waals surface area contributed by atoms with Crippen molar-refractivity contribution < 1.29 is 32.2 Å². The predicted molar refractivity (Wildman–Crippen MR) is 149 cm³/mol. The lowest BCUT2D eigenvalue weighted by Gasteiger charge is -2.27. The first kappa shape index (κ1) is 28.9. The molecule has 1 aromatic carbocycles. The molecule has 0 aliphatic carbocycles. The molecule has 1 saturated heterocycles. The molecule has 0 radical (unpaired) electrons. The van der Waals surface area contributed by atoms with Crippen molar-refractivity contribution in [2.45, 2.75) is 32.7 Å². The third kappa shape index (κ3) is 6.37. The molecule has 0 spiro atoms. The number of ether oxygens (including phenoxy) is 2. The molecule has 0 saturated carbocycles. The van der Waals surface area contributed by atoms with Gasteiger partial charge in [0.05, 0.1) is 25.0 Å². The maximum atomic E-state index is 14.6. The molecule has 1 fully saturated rings. The summed E-state index contributed by atoms with van der Waals surface area (Å²) in [5.74, 6) is -1.45. The van der Waals surface area contributed by atoms with Crippen LogP contribution in [0.2, 0.25) is 0 Å². The summed E-state index contributed by atoms with van der Waals surface area (Å²) < 4.78 is 48.2. The number of carbonyl (C=O) groups is 2. The number of nitrogens with two attached hydrogens (primary N) is 1. The van der Waals surface area contributed by atoms with Crippen LogP contribution in [0.1, 0.15) is 37.0 Å². The van der Waals surface area contributed by atoms with E-state index in [2.05, 4.69) is 9.97 Å². The van der Waals surface area contributed by atoms with Crippen molar-refractivity contribution in [1.29, 1.82) is 0 Å². The fourth-order valence-corrected chi connectivity index (χ4v) is 4.87. The lowest BCUT2D eigenvalue weighted by Crippen LogP contribution is -2.40. The largest absolute Gasteiger partial charge is 0.493 e. The van der Waals surface area contributed by atoms with E-state index in [1.54, 1.807) is 11.0 Å². The summed E-state index contributed by atoms with van der Waals surface area (Å²) in [7, 11) is 1.27. The molecule has 0 bridgehead atoms. The maximum absolute atomic E-state index is 14.6. The molecule has 1 aliphatic heterocycles. The molecule has 3 N–H and O–H groups in total. The fraction of sp³-hybridized carbons (Fsp3) is 0.333. The zero-order chi connectivity index (χ0) is 29.0. The number of benzene rings is 1. The Kier molecular flexibility index (Phi) is 8.95. The minimum absolute atomic E-state index is 0.0429. The number of anilines is 3. The van der Waals surface area contributed by atoms with Crippen molar-refractivity contribution in [3.63, 3.8) is 0 Å². The third-order valence-electron chi connectivity index (χ3n) is 6.16. The van der Waals surface area contributed by atoms with Crippen LogP contribution in [0.15, 0.2) is 48.5 Å². The first-order valence-corrected chi connectivity index (χ1v) is 13.6. The summed E-state index contributed by atoms with van der Waals surface area (Å²) in [4.78, 5) is 36.6. The Hall–Kier alpha value is -4.10. The lowest BCUT2D eigenvalue weighted by atomic mass is 10.1. The highest BCUT2D eigenvalue weighted by Crippen LogP contribution is 2.33. The van der Waals surface area contributed by atoms with E-state index in [4.69, 9.17) is 15.2 Å². The van der Waals surface area contributed by atoms with Gasteiger partial charge in [-0.1, -0.05) is 19.9 Å². The van der Waals surface area contributed by atoms with Crippen LogP contribution in [0.25, 0.3) is 11.3 Å². The number of hydrogen-bond acceptors (Lipinski definition) is 9. The number of esters is 1. The molecule has 1 amide bonds. The van der Waals surface area contributed by atoms with Crippen LogP contribution >= 0.6 is 0 Å². The van der Waals surface area contributed by atoms with Crippen molar-refractivity contribution in [3.05, 3.63) is 59.9 Å². The number of halogens is 1. The van der Waals surface area contributed by atoms with E-state index >= 15 is 0 Å². The molecule has 11 nitrogen and oxygen atoms in total. The van der Waals surface area contributed by atoms with E-state index in [-0.39, 0.29) is 28.9 Å². The number of rotatable bonds is 9. The van der Waals surface area contributed by atoms with Gasteiger partial charge in [0.2, 0.25) is 0 Å². The van der Waals surface area contributed by atoms with Crippen LogP contribution in [0.5, 0.6) is 5.75 Å². The second kappa shape index (κ2) is 12.4. The van der Waals surface area contributed by atoms with E-state index in [1.165, 1.54) is 49.6 Å². The van der Waals surface area contributed by atoms with E-state index in [9.17, 15) is 22.7 Å². The maximum Gasteiger partial charge on any atom is 0.328 e. The second-order valence-electron chi connectivity index (χ2n) is 9.57. The lowest BCUT2D eigenvalue weighted by molar-refractivity contribution is -0.141. The number of hydrogen-bond donors (Lipinski definition) is 2. The van der Waals surface area contributed by atoms with E-state index in [0.29, 0.717) is 47.3 Å². The Morgan fingerprint density at radius 2 is 2.00 bits per heavy atom.